The standard InChI is InChI=1S/C22H28N4O2/c1-28-21-6-4-19(5-7-21)24-13-15-25(16-14-24)20-3-2-12-26(17-20)22(27)18-8-10-23-11-9-18/h4-11,20H,2-3,12-17H2,1H3. The molecular weight excluding hydrogens is 352 g/mol. The molecule has 2 aliphatic rings. The van der Waals surface area contributed by atoms with E-state index in [9.17, 15) is 4.79 Å². The predicted octanol–water partition coefficient (Wildman–Crippen LogP) is 2.52. The van der Waals surface area contributed by atoms with Crippen molar-refractivity contribution in [3.05, 3.63) is 54.4 Å². The Morgan fingerprint density at radius 2 is 1.71 bits per heavy atom. The van der Waals surface area contributed by atoms with Gasteiger partial charge >= 0.3 is 0 Å². The van der Waals surface area contributed by atoms with E-state index in [0.29, 0.717) is 6.04 Å². The van der Waals surface area contributed by atoms with Crippen LogP contribution in [0, 0.1) is 0 Å². The lowest BCUT2D eigenvalue weighted by Gasteiger charge is -2.44. The molecule has 2 aliphatic heterocycles. The summed E-state index contributed by atoms with van der Waals surface area (Å²) in [4.78, 5) is 23.8. The number of methoxy groups -OCH3 is 1. The number of piperidine rings is 1. The summed E-state index contributed by atoms with van der Waals surface area (Å²) in [6, 6.07) is 12.4. The van der Waals surface area contributed by atoms with E-state index in [0.717, 1.165) is 57.0 Å². The summed E-state index contributed by atoms with van der Waals surface area (Å²) in [7, 11) is 1.70. The summed E-state index contributed by atoms with van der Waals surface area (Å²) in [5.74, 6) is 1.02. The van der Waals surface area contributed by atoms with Crippen LogP contribution in [0.1, 0.15) is 23.2 Å². The van der Waals surface area contributed by atoms with Gasteiger partial charge in [0.1, 0.15) is 5.75 Å². The van der Waals surface area contributed by atoms with Gasteiger partial charge in [-0.15, -0.1) is 0 Å². The van der Waals surface area contributed by atoms with Crippen LogP contribution in [0.5, 0.6) is 5.75 Å². The summed E-state index contributed by atoms with van der Waals surface area (Å²) in [5.41, 5.74) is 1.98. The Morgan fingerprint density at radius 1 is 1.00 bits per heavy atom. The molecule has 0 saturated carbocycles. The van der Waals surface area contributed by atoms with E-state index >= 15 is 0 Å². The number of benzene rings is 1. The smallest absolute Gasteiger partial charge is 0.254 e. The van der Waals surface area contributed by atoms with Crippen LogP contribution in [0.4, 0.5) is 5.69 Å². The second-order valence-electron chi connectivity index (χ2n) is 7.50. The van der Waals surface area contributed by atoms with Crippen molar-refractivity contribution < 1.29 is 9.53 Å². The number of anilines is 1. The molecule has 28 heavy (non-hydrogen) atoms. The molecule has 1 atom stereocenters. The van der Waals surface area contributed by atoms with Crippen LogP contribution >= 0.6 is 0 Å². The number of amides is 1. The molecule has 3 heterocycles. The number of nitrogens with zero attached hydrogens (tertiary/aromatic N) is 4. The molecule has 148 valence electrons. The third-order valence-electron chi connectivity index (χ3n) is 5.88. The fourth-order valence-electron chi connectivity index (χ4n) is 4.25. The summed E-state index contributed by atoms with van der Waals surface area (Å²) < 4.78 is 5.25. The van der Waals surface area contributed by atoms with E-state index in [1.165, 1.54) is 12.1 Å². The second kappa shape index (κ2) is 8.61. The van der Waals surface area contributed by atoms with E-state index in [4.69, 9.17) is 4.74 Å². The molecule has 1 aromatic carbocycles. The number of ether oxygens (including phenoxy) is 1. The summed E-state index contributed by atoms with van der Waals surface area (Å²) in [6.45, 7) is 5.78. The average Bonchev–Trinajstić information content (AvgIpc) is 2.79. The van der Waals surface area contributed by atoms with Crippen LogP contribution in [-0.2, 0) is 0 Å². The van der Waals surface area contributed by atoms with Gasteiger partial charge in [-0.3, -0.25) is 14.7 Å². The lowest BCUT2D eigenvalue weighted by Crippen LogP contribution is -2.55. The Labute approximate surface area is 166 Å². The Kier molecular flexibility index (Phi) is 5.76. The molecule has 2 aromatic rings. The van der Waals surface area contributed by atoms with Gasteiger partial charge in [0.05, 0.1) is 7.11 Å². The number of hydrogen-bond acceptors (Lipinski definition) is 5. The lowest BCUT2D eigenvalue weighted by atomic mass is 10.0. The number of aromatic nitrogens is 1. The minimum Gasteiger partial charge on any atom is -0.497 e. The Hall–Kier alpha value is -2.60. The molecular formula is C22H28N4O2. The van der Waals surface area contributed by atoms with Crippen LogP contribution in [0.15, 0.2) is 48.8 Å². The van der Waals surface area contributed by atoms with Crippen LogP contribution < -0.4 is 9.64 Å². The highest BCUT2D eigenvalue weighted by Gasteiger charge is 2.30. The van der Waals surface area contributed by atoms with Crippen molar-refractivity contribution in [1.82, 2.24) is 14.8 Å². The van der Waals surface area contributed by atoms with Crippen molar-refractivity contribution in [2.75, 3.05) is 51.3 Å². The van der Waals surface area contributed by atoms with Gasteiger partial charge in [-0.05, 0) is 49.2 Å². The van der Waals surface area contributed by atoms with Crippen molar-refractivity contribution in [2.45, 2.75) is 18.9 Å². The number of piperazine rings is 1. The highest BCUT2D eigenvalue weighted by atomic mass is 16.5. The maximum Gasteiger partial charge on any atom is 0.254 e. The molecule has 1 amide bonds. The van der Waals surface area contributed by atoms with Gasteiger partial charge in [-0.25, -0.2) is 0 Å². The van der Waals surface area contributed by atoms with Gasteiger partial charge < -0.3 is 14.5 Å². The zero-order valence-electron chi connectivity index (χ0n) is 16.5. The van der Waals surface area contributed by atoms with Gasteiger partial charge in [0, 0.05) is 69.0 Å². The molecule has 4 rings (SSSR count). The average molecular weight is 380 g/mol. The second-order valence-corrected chi connectivity index (χ2v) is 7.50. The topological polar surface area (TPSA) is 48.9 Å². The van der Waals surface area contributed by atoms with Crippen molar-refractivity contribution in [1.29, 1.82) is 0 Å². The Bertz CT molecular complexity index is 773. The fraction of sp³-hybridized carbons (Fsp3) is 0.455. The fourth-order valence-corrected chi connectivity index (χ4v) is 4.25. The molecule has 2 fully saturated rings. The summed E-state index contributed by atoms with van der Waals surface area (Å²) >= 11 is 0. The van der Waals surface area contributed by atoms with Crippen molar-refractivity contribution in [3.63, 3.8) is 0 Å². The summed E-state index contributed by atoms with van der Waals surface area (Å²) in [6.07, 6.45) is 5.61. The van der Waals surface area contributed by atoms with Gasteiger partial charge in [-0.1, -0.05) is 0 Å². The Morgan fingerprint density at radius 3 is 2.39 bits per heavy atom. The van der Waals surface area contributed by atoms with Gasteiger partial charge in [0.15, 0.2) is 0 Å². The number of rotatable bonds is 4. The predicted molar refractivity (Wildman–Crippen MR) is 110 cm³/mol. The van der Waals surface area contributed by atoms with Crippen LogP contribution in [0.2, 0.25) is 0 Å². The first-order valence-electron chi connectivity index (χ1n) is 10.1. The van der Waals surface area contributed by atoms with Crippen molar-refractivity contribution in [3.8, 4) is 5.75 Å². The summed E-state index contributed by atoms with van der Waals surface area (Å²) in [5, 5.41) is 0. The zero-order chi connectivity index (χ0) is 19.3. The van der Waals surface area contributed by atoms with Crippen LogP contribution in [-0.4, -0.2) is 73.1 Å². The molecule has 0 N–H and O–H groups in total. The van der Waals surface area contributed by atoms with E-state index in [1.807, 2.05) is 17.0 Å². The van der Waals surface area contributed by atoms with E-state index in [-0.39, 0.29) is 5.91 Å². The minimum absolute atomic E-state index is 0.129. The van der Waals surface area contributed by atoms with Crippen molar-refractivity contribution >= 4 is 11.6 Å². The van der Waals surface area contributed by atoms with Crippen LogP contribution in [0.25, 0.3) is 0 Å². The van der Waals surface area contributed by atoms with Gasteiger partial charge in [0.25, 0.3) is 5.91 Å². The lowest BCUT2D eigenvalue weighted by molar-refractivity contribution is 0.0563. The zero-order valence-corrected chi connectivity index (χ0v) is 16.5. The highest BCUT2D eigenvalue weighted by molar-refractivity contribution is 5.94. The first-order chi connectivity index (χ1) is 13.7. The number of hydrogen-bond donors (Lipinski definition) is 0. The third-order valence-corrected chi connectivity index (χ3v) is 5.88. The Balaban J connectivity index is 1.33. The normalized spacial score (nSPS) is 20.8. The number of carbonyl (C=O) groups is 1. The van der Waals surface area contributed by atoms with Crippen molar-refractivity contribution in [2.24, 2.45) is 0 Å². The molecule has 1 aromatic heterocycles. The maximum absolute atomic E-state index is 12.8. The van der Waals surface area contributed by atoms with Gasteiger partial charge in [0.2, 0.25) is 0 Å². The maximum atomic E-state index is 12.8. The van der Waals surface area contributed by atoms with E-state index < -0.39 is 0 Å². The number of likely N-dealkylation sites (tertiary alicyclic amines) is 1. The SMILES string of the molecule is COc1ccc(N2CCN(C3CCCN(C(=O)c4ccncc4)C3)CC2)cc1. The third kappa shape index (κ3) is 4.12. The molecule has 0 aliphatic carbocycles. The van der Waals surface area contributed by atoms with E-state index in [1.54, 1.807) is 31.6 Å². The van der Waals surface area contributed by atoms with Gasteiger partial charge in [-0.2, -0.15) is 0 Å². The molecule has 1 unspecified atom stereocenters. The van der Waals surface area contributed by atoms with E-state index in [2.05, 4.69) is 26.9 Å². The minimum atomic E-state index is 0.129. The molecule has 0 radical (unpaired) electrons. The number of pyridine rings is 1. The number of carbonyl (C=O) groups excluding carboxylic acids is 1. The largest absolute Gasteiger partial charge is 0.497 e. The molecule has 6 nitrogen and oxygen atoms in total. The quantitative estimate of drug-likeness (QED) is 0.816. The first-order valence-corrected chi connectivity index (χ1v) is 10.1. The monoisotopic (exact) mass is 380 g/mol. The molecule has 0 spiro atoms. The highest BCUT2D eigenvalue weighted by Crippen LogP contribution is 2.23. The van der Waals surface area contributed by atoms with Crippen LogP contribution in [0.3, 0.4) is 0 Å². The molecule has 2 saturated heterocycles. The first kappa shape index (κ1) is 18.7. The molecule has 6 heteroatoms. The molecule has 0 bridgehead atoms.